The molecule has 0 aliphatic carbocycles. The number of pyridine rings is 1. The highest BCUT2D eigenvalue weighted by atomic mass is 19.1. The number of ether oxygens (including phenoxy) is 6. The number of H-pyrrole nitrogens is 1. The van der Waals surface area contributed by atoms with Gasteiger partial charge in [-0.25, -0.2) is 9.37 Å². The van der Waals surface area contributed by atoms with E-state index < -0.39 is 11.9 Å². The number of nitrogens with zero attached hydrogens (tertiary/aromatic N) is 1. The summed E-state index contributed by atoms with van der Waals surface area (Å²) in [6.07, 6.45) is -1.74. The topological polar surface area (TPSA) is 104 Å². The molecule has 0 spiro atoms. The maximum atomic E-state index is 15.1. The van der Waals surface area contributed by atoms with E-state index in [1.165, 1.54) is 6.07 Å². The zero-order valence-corrected chi connectivity index (χ0v) is 22.0. The number of fused-ring (bicyclic) bond motifs is 2. The van der Waals surface area contributed by atoms with Crippen molar-refractivity contribution in [1.82, 2.24) is 9.97 Å². The van der Waals surface area contributed by atoms with Crippen LogP contribution in [0.3, 0.4) is 0 Å². The molecule has 2 aliphatic rings. The van der Waals surface area contributed by atoms with Crippen LogP contribution in [0.1, 0.15) is 0 Å². The molecule has 4 aromatic rings. The second-order valence-corrected chi connectivity index (χ2v) is 9.76. The van der Waals surface area contributed by atoms with Gasteiger partial charge in [0.05, 0.1) is 44.1 Å². The van der Waals surface area contributed by atoms with E-state index in [-0.39, 0.29) is 30.6 Å². The number of nitrogens with one attached hydrogen (secondary N) is 1. The molecule has 0 bridgehead atoms. The quantitative estimate of drug-likeness (QED) is 0.270. The number of benzene rings is 2. The maximum Gasteiger partial charge on any atom is 0.193 e. The Morgan fingerprint density at radius 3 is 2.38 bits per heavy atom. The molecule has 0 radical (unpaired) electrons. The number of hydrogen-bond donors (Lipinski definition) is 2. The Labute approximate surface area is 230 Å². The van der Waals surface area contributed by atoms with Gasteiger partial charge in [0.1, 0.15) is 36.4 Å². The van der Waals surface area contributed by atoms with Gasteiger partial charge in [0.15, 0.2) is 17.8 Å². The molecule has 4 atom stereocenters. The number of aromatic amines is 1. The van der Waals surface area contributed by atoms with Gasteiger partial charge in [-0.05, 0) is 23.3 Å². The van der Waals surface area contributed by atoms with Crippen LogP contribution in [0.15, 0.2) is 60.7 Å². The Morgan fingerprint density at radius 1 is 0.900 bits per heavy atom. The van der Waals surface area contributed by atoms with Gasteiger partial charge in [-0.1, -0.05) is 36.4 Å². The molecule has 10 heteroatoms. The normalized spacial score (nSPS) is 22.1. The molecule has 40 heavy (non-hydrogen) atoms. The Kier molecular flexibility index (Phi) is 7.94. The molecule has 2 saturated heterocycles. The van der Waals surface area contributed by atoms with E-state index in [1.54, 1.807) is 13.2 Å². The zero-order valence-electron chi connectivity index (χ0n) is 22.0. The Hall–Kier alpha value is -3.54. The van der Waals surface area contributed by atoms with Crippen molar-refractivity contribution in [2.75, 3.05) is 46.8 Å². The fraction of sp³-hybridized carbons (Fsp3) is 0.367. The molecule has 6 rings (SSSR count). The van der Waals surface area contributed by atoms with Crippen molar-refractivity contribution in [2.24, 2.45) is 0 Å². The van der Waals surface area contributed by atoms with E-state index in [2.05, 4.69) is 9.97 Å². The maximum absolute atomic E-state index is 15.1. The van der Waals surface area contributed by atoms with E-state index in [0.29, 0.717) is 55.5 Å². The van der Waals surface area contributed by atoms with Crippen LogP contribution in [-0.2, 0) is 18.9 Å². The Morgan fingerprint density at radius 2 is 1.60 bits per heavy atom. The molecule has 2 aliphatic heterocycles. The molecule has 2 aromatic heterocycles. The van der Waals surface area contributed by atoms with Gasteiger partial charge in [0.2, 0.25) is 0 Å². The summed E-state index contributed by atoms with van der Waals surface area (Å²) in [6, 6.07) is 18.6. The van der Waals surface area contributed by atoms with Crippen molar-refractivity contribution in [1.29, 1.82) is 0 Å². The SMILES string of the molecule is COCCOCCOc1ccc(-c2ccc(-c3nc4cc(O[C@@H]5CO[C@H]6[C@@H]5OC[C@H]6O)[nH]c4cc3F)cc2)cc1. The third kappa shape index (κ3) is 5.67. The number of methoxy groups -OCH3 is 1. The van der Waals surface area contributed by atoms with E-state index >= 15 is 4.39 Å². The monoisotopic (exact) mass is 550 g/mol. The summed E-state index contributed by atoms with van der Waals surface area (Å²) < 4.78 is 48.4. The second-order valence-electron chi connectivity index (χ2n) is 9.76. The number of rotatable bonds is 11. The van der Waals surface area contributed by atoms with Gasteiger partial charge in [0.25, 0.3) is 0 Å². The number of aromatic nitrogens is 2. The molecule has 2 fully saturated rings. The van der Waals surface area contributed by atoms with Gasteiger partial charge in [-0.15, -0.1) is 0 Å². The van der Waals surface area contributed by atoms with Gasteiger partial charge < -0.3 is 38.5 Å². The van der Waals surface area contributed by atoms with Crippen molar-refractivity contribution in [3.05, 3.63) is 66.5 Å². The van der Waals surface area contributed by atoms with Gasteiger partial charge in [-0.3, -0.25) is 0 Å². The van der Waals surface area contributed by atoms with Crippen LogP contribution in [0.5, 0.6) is 11.6 Å². The van der Waals surface area contributed by atoms with Crippen molar-refractivity contribution in [3.63, 3.8) is 0 Å². The lowest BCUT2D eigenvalue weighted by molar-refractivity contribution is 0.00794. The average Bonchev–Trinajstić information content (AvgIpc) is 3.67. The summed E-state index contributed by atoms with van der Waals surface area (Å²) in [6.45, 7) is 2.60. The van der Waals surface area contributed by atoms with Crippen molar-refractivity contribution in [3.8, 4) is 34.0 Å². The first-order chi connectivity index (χ1) is 19.6. The summed E-state index contributed by atoms with van der Waals surface area (Å²) >= 11 is 0. The van der Waals surface area contributed by atoms with Crippen LogP contribution in [0, 0.1) is 5.82 Å². The van der Waals surface area contributed by atoms with E-state index in [4.69, 9.17) is 28.4 Å². The summed E-state index contributed by atoms with van der Waals surface area (Å²) in [5.74, 6) is 0.770. The lowest BCUT2D eigenvalue weighted by atomic mass is 10.0. The van der Waals surface area contributed by atoms with Crippen LogP contribution in [0.4, 0.5) is 4.39 Å². The number of aliphatic hydroxyl groups is 1. The Balaban J connectivity index is 1.10. The summed E-state index contributed by atoms with van der Waals surface area (Å²) in [5.41, 5.74) is 4.04. The Bertz CT molecular complexity index is 1430. The van der Waals surface area contributed by atoms with Gasteiger partial charge >= 0.3 is 0 Å². The predicted molar refractivity (Wildman–Crippen MR) is 145 cm³/mol. The fourth-order valence-electron chi connectivity index (χ4n) is 5.01. The molecule has 0 amide bonds. The number of halogens is 1. The molecule has 9 nitrogen and oxygen atoms in total. The second kappa shape index (κ2) is 11.9. The smallest absolute Gasteiger partial charge is 0.193 e. The molecule has 2 N–H and O–H groups in total. The number of aliphatic hydroxyl groups excluding tert-OH is 1. The molecular weight excluding hydrogens is 519 g/mol. The van der Waals surface area contributed by atoms with E-state index in [1.807, 2.05) is 48.5 Å². The fourth-order valence-corrected chi connectivity index (χ4v) is 5.01. The first-order valence-electron chi connectivity index (χ1n) is 13.3. The minimum Gasteiger partial charge on any atom is -0.491 e. The summed E-state index contributed by atoms with van der Waals surface area (Å²) in [5, 5.41) is 9.94. The molecule has 210 valence electrons. The van der Waals surface area contributed by atoms with Gasteiger partial charge in [0, 0.05) is 24.8 Å². The van der Waals surface area contributed by atoms with Crippen molar-refractivity contribution in [2.45, 2.75) is 24.4 Å². The summed E-state index contributed by atoms with van der Waals surface area (Å²) in [4.78, 5) is 7.63. The van der Waals surface area contributed by atoms with Crippen LogP contribution >= 0.6 is 0 Å². The summed E-state index contributed by atoms with van der Waals surface area (Å²) in [7, 11) is 1.64. The lowest BCUT2D eigenvalue weighted by Gasteiger charge is -2.16. The van der Waals surface area contributed by atoms with E-state index in [9.17, 15) is 5.11 Å². The number of hydrogen-bond acceptors (Lipinski definition) is 8. The minimum absolute atomic E-state index is 0.225. The van der Waals surface area contributed by atoms with Crippen LogP contribution in [-0.4, -0.2) is 86.2 Å². The van der Waals surface area contributed by atoms with Crippen LogP contribution < -0.4 is 9.47 Å². The first kappa shape index (κ1) is 26.7. The van der Waals surface area contributed by atoms with Crippen molar-refractivity contribution < 1.29 is 37.9 Å². The average molecular weight is 551 g/mol. The van der Waals surface area contributed by atoms with Crippen LogP contribution in [0.2, 0.25) is 0 Å². The molecule has 2 aromatic carbocycles. The van der Waals surface area contributed by atoms with Gasteiger partial charge in [-0.2, -0.15) is 0 Å². The first-order valence-corrected chi connectivity index (χ1v) is 13.3. The minimum atomic E-state index is -0.651. The standard InChI is InChI=1S/C30H31FN2O7/c1-35-10-11-36-12-13-37-21-8-6-19(7-9-21)18-2-4-20(5-3-18)28-22(31)14-23-24(33-28)15-27(32-23)40-26-17-39-29-25(34)16-38-30(26)29/h2-9,14-15,25-26,29-30,32,34H,10-13,16-17H2,1H3/t25-,26-,29-,30-/m1/s1. The lowest BCUT2D eigenvalue weighted by Crippen LogP contribution is -2.34. The predicted octanol–water partition coefficient (Wildman–Crippen LogP) is 3.98. The van der Waals surface area contributed by atoms with Crippen LogP contribution in [0.25, 0.3) is 33.4 Å². The van der Waals surface area contributed by atoms with E-state index in [0.717, 1.165) is 16.9 Å². The molecular formula is C30H31FN2O7. The largest absolute Gasteiger partial charge is 0.491 e. The third-order valence-corrected chi connectivity index (χ3v) is 7.07. The van der Waals surface area contributed by atoms with Crippen molar-refractivity contribution >= 4 is 11.0 Å². The highest BCUT2D eigenvalue weighted by Crippen LogP contribution is 2.32. The zero-order chi connectivity index (χ0) is 27.5. The molecule has 0 unspecified atom stereocenters. The highest BCUT2D eigenvalue weighted by Gasteiger charge is 2.48. The molecule has 4 heterocycles. The highest BCUT2D eigenvalue weighted by molar-refractivity contribution is 5.81. The molecule has 0 saturated carbocycles. The third-order valence-electron chi connectivity index (χ3n) is 7.07.